The molecule has 40 heavy (non-hydrogen) atoms. The summed E-state index contributed by atoms with van der Waals surface area (Å²) in [5.74, 6) is 1.35. The summed E-state index contributed by atoms with van der Waals surface area (Å²) in [6.07, 6.45) is 6.37. The molecule has 3 aromatic rings. The first kappa shape index (κ1) is 29.0. The van der Waals surface area contributed by atoms with Gasteiger partial charge in [0, 0.05) is 27.3 Å². The highest BCUT2D eigenvalue weighted by Crippen LogP contribution is 2.44. The summed E-state index contributed by atoms with van der Waals surface area (Å²) >= 11 is 20.5. The SMILES string of the molecule is COc1cc(/C=C2\SC(Nc3ccccc3)N([C@@H]3CCCC[C@@H]3C)C2=O)cc(Cl)c1OCc1ccc(Cl)cc1Cl. The molecule has 1 N–H and O–H groups in total. The minimum atomic E-state index is -0.198. The molecule has 1 aliphatic carbocycles. The number of carbonyl (C=O) groups excluding carboxylic acids is 1. The van der Waals surface area contributed by atoms with Crippen molar-refractivity contribution in [1.29, 1.82) is 0 Å². The Morgan fingerprint density at radius 2 is 1.80 bits per heavy atom. The van der Waals surface area contributed by atoms with E-state index in [0.29, 0.717) is 37.4 Å². The van der Waals surface area contributed by atoms with E-state index in [0.717, 1.165) is 36.1 Å². The van der Waals surface area contributed by atoms with E-state index < -0.39 is 0 Å². The number of nitrogens with one attached hydrogen (secondary N) is 1. The van der Waals surface area contributed by atoms with Gasteiger partial charge in [-0.2, -0.15) is 0 Å². The number of ether oxygens (including phenoxy) is 2. The molecule has 1 saturated heterocycles. The zero-order valence-corrected chi connectivity index (χ0v) is 25.4. The summed E-state index contributed by atoms with van der Waals surface area (Å²) in [6.45, 7) is 2.45. The van der Waals surface area contributed by atoms with Crippen LogP contribution in [0.4, 0.5) is 5.69 Å². The third-order valence-electron chi connectivity index (χ3n) is 7.36. The molecule has 0 spiro atoms. The predicted octanol–water partition coefficient (Wildman–Crippen LogP) is 9.13. The number of thioether (sulfide) groups is 1. The quantitative estimate of drug-likeness (QED) is 0.256. The molecule has 0 aromatic heterocycles. The number of nitrogens with zero attached hydrogens (tertiary/aromatic N) is 1. The number of rotatable bonds is 8. The summed E-state index contributed by atoms with van der Waals surface area (Å²) in [6, 6.07) is 19.1. The van der Waals surface area contributed by atoms with E-state index in [1.165, 1.54) is 18.2 Å². The summed E-state index contributed by atoms with van der Waals surface area (Å²) in [5, 5.41) is 5.02. The lowest BCUT2D eigenvalue weighted by Crippen LogP contribution is -2.48. The monoisotopic (exact) mass is 616 g/mol. The molecule has 5 nitrogen and oxygen atoms in total. The van der Waals surface area contributed by atoms with Crippen LogP contribution < -0.4 is 14.8 Å². The zero-order valence-electron chi connectivity index (χ0n) is 22.3. The van der Waals surface area contributed by atoms with Crippen LogP contribution in [-0.2, 0) is 11.4 Å². The number of anilines is 1. The first-order valence-electron chi connectivity index (χ1n) is 13.3. The smallest absolute Gasteiger partial charge is 0.262 e. The van der Waals surface area contributed by atoms with E-state index in [9.17, 15) is 4.79 Å². The first-order valence-corrected chi connectivity index (χ1v) is 15.3. The van der Waals surface area contributed by atoms with Crippen LogP contribution in [0.2, 0.25) is 15.1 Å². The summed E-state index contributed by atoms with van der Waals surface area (Å²) in [4.78, 5) is 16.6. The van der Waals surface area contributed by atoms with Crippen molar-refractivity contribution in [3.05, 3.63) is 91.8 Å². The molecular weight excluding hydrogens is 587 g/mol. The molecule has 3 atom stereocenters. The molecule has 1 heterocycles. The van der Waals surface area contributed by atoms with Gasteiger partial charge in [-0.25, -0.2) is 0 Å². The van der Waals surface area contributed by atoms with Crippen molar-refractivity contribution in [2.75, 3.05) is 12.4 Å². The third-order valence-corrected chi connectivity index (χ3v) is 9.34. The van der Waals surface area contributed by atoms with Crippen molar-refractivity contribution in [2.24, 2.45) is 5.92 Å². The lowest BCUT2D eigenvalue weighted by atomic mass is 9.85. The highest BCUT2D eigenvalue weighted by Gasteiger charge is 2.43. The maximum absolute atomic E-state index is 13.9. The molecule has 0 radical (unpaired) electrons. The molecule has 1 unspecified atom stereocenters. The molecule has 9 heteroatoms. The molecule has 2 fully saturated rings. The maximum Gasteiger partial charge on any atom is 0.262 e. The molecule has 1 saturated carbocycles. The van der Waals surface area contributed by atoms with Gasteiger partial charge >= 0.3 is 0 Å². The number of carbonyl (C=O) groups is 1. The number of methoxy groups -OCH3 is 1. The number of para-hydroxylation sites is 1. The number of hydrogen-bond acceptors (Lipinski definition) is 5. The average Bonchev–Trinajstić information content (AvgIpc) is 3.23. The van der Waals surface area contributed by atoms with E-state index in [-0.39, 0.29) is 24.1 Å². The van der Waals surface area contributed by atoms with Crippen molar-refractivity contribution in [3.63, 3.8) is 0 Å². The van der Waals surface area contributed by atoms with Crippen LogP contribution in [0.1, 0.15) is 43.7 Å². The van der Waals surface area contributed by atoms with Gasteiger partial charge in [-0.3, -0.25) is 4.79 Å². The van der Waals surface area contributed by atoms with Crippen LogP contribution in [0.5, 0.6) is 11.5 Å². The molecule has 2 aliphatic rings. The Labute approximate surface area is 254 Å². The fourth-order valence-corrected chi connectivity index (χ4v) is 7.22. The van der Waals surface area contributed by atoms with Crippen LogP contribution in [0.3, 0.4) is 0 Å². The van der Waals surface area contributed by atoms with Crippen molar-refractivity contribution in [2.45, 2.75) is 50.8 Å². The normalized spacial score (nSPS) is 22.0. The van der Waals surface area contributed by atoms with Gasteiger partial charge in [0.25, 0.3) is 5.91 Å². The van der Waals surface area contributed by atoms with Gasteiger partial charge in [0.05, 0.1) is 17.0 Å². The standard InChI is InChI=1S/C31H31Cl3N2O3S/c1-19-8-6-7-11-26(19)36-30(37)28(40-31(36)35-23-9-4-3-5-10-23)16-20-14-25(34)29(27(15-20)38-2)39-18-21-12-13-22(32)17-24(21)33/h3-5,9-10,12-17,19,26,31,35H,6-8,11,18H2,1-2H3/b28-16-/t19-,26+,31?/m0/s1. The van der Waals surface area contributed by atoms with Crippen molar-refractivity contribution < 1.29 is 14.3 Å². The summed E-state index contributed by atoms with van der Waals surface area (Å²) in [7, 11) is 1.56. The van der Waals surface area contributed by atoms with Gasteiger partial charge in [0.15, 0.2) is 17.0 Å². The van der Waals surface area contributed by atoms with Crippen LogP contribution in [-0.4, -0.2) is 29.5 Å². The fraction of sp³-hybridized carbons (Fsp3) is 0.323. The van der Waals surface area contributed by atoms with Crippen molar-refractivity contribution in [1.82, 2.24) is 4.90 Å². The molecule has 0 bridgehead atoms. The molecule has 1 aliphatic heterocycles. The van der Waals surface area contributed by atoms with E-state index in [4.69, 9.17) is 44.3 Å². The average molecular weight is 618 g/mol. The minimum Gasteiger partial charge on any atom is -0.493 e. The number of hydrogen-bond donors (Lipinski definition) is 1. The third kappa shape index (κ3) is 6.52. The Morgan fingerprint density at radius 3 is 2.52 bits per heavy atom. The topological polar surface area (TPSA) is 50.8 Å². The summed E-state index contributed by atoms with van der Waals surface area (Å²) < 4.78 is 11.6. The Balaban J connectivity index is 1.41. The zero-order chi connectivity index (χ0) is 28.2. The highest BCUT2D eigenvalue weighted by molar-refractivity contribution is 8.05. The predicted molar refractivity (Wildman–Crippen MR) is 166 cm³/mol. The van der Waals surface area contributed by atoms with Crippen molar-refractivity contribution in [3.8, 4) is 11.5 Å². The van der Waals surface area contributed by atoms with Gasteiger partial charge in [0.1, 0.15) is 6.61 Å². The van der Waals surface area contributed by atoms with Gasteiger partial charge in [-0.15, -0.1) is 0 Å². The largest absolute Gasteiger partial charge is 0.493 e. The van der Waals surface area contributed by atoms with E-state index >= 15 is 0 Å². The number of amides is 1. The second kappa shape index (κ2) is 13.0. The van der Waals surface area contributed by atoms with Crippen LogP contribution >= 0.6 is 46.6 Å². The molecular formula is C31H31Cl3N2O3S. The fourth-order valence-electron chi connectivity index (χ4n) is 5.27. The van der Waals surface area contributed by atoms with Crippen molar-refractivity contribution >= 4 is 64.2 Å². The minimum absolute atomic E-state index is 0.0324. The van der Waals surface area contributed by atoms with E-state index in [2.05, 4.69) is 12.2 Å². The maximum atomic E-state index is 13.9. The van der Waals surface area contributed by atoms with Gasteiger partial charge in [-0.1, -0.05) is 90.6 Å². The van der Waals surface area contributed by atoms with Crippen LogP contribution in [0, 0.1) is 5.92 Å². The van der Waals surface area contributed by atoms with Gasteiger partial charge < -0.3 is 19.7 Å². The highest BCUT2D eigenvalue weighted by atomic mass is 35.5. The second-order valence-corrected chi connectivity index (χ2v) is 12.5. The Hall–Kier alpha value is -2.51. The number of benzene rings is 3. The van der Waals surface area contributed by atoms with Crippen LogP contribution in [0.15, 0.2) is 65.6 Å². The molecule has 210 valence electrons. The first-order chi connectivity index (χ1) is 19.3. The lowest BCUT2D eigenvalue weighted by molar-refractivity contribution is -0.129. The number of halogens is 3. The molecule has 3 aromatic carbocycles. The molecule has 5 rings (SSSR count). The van der Waals surface area contributed by atoms with E-state index in [1.807, 2.05) is 53.4 Å². The van der Waals surface area contributed by atoms with Crippen LogP contribution in [0.25, 0.3) is 6.08 Å². The molecule has 1 amide bonds. The van der Waals surface area contributed by atoms with E-state index in [1.54, 1.807) is 25.3 Å². The van der Waals surface area contributed by atoms with Gasteiger partial charge in [0.2, 0.25) is 0 Å². The second-order valence-electron chi connectivity index (χ2n) is 10.1. The Morgan fingerprint density at radius 1 is 1.02 bits per heavy atom. The Kier molecular flexibility index (Phi) is 9.41. The lowest BCUT2D eigenvalue weighted by Gasteiger charge is -2.39. The van der Waals surface area contributed by atoms with Gasteiger partial charge in [-0.05, 0) is 66.8 Å². The Bertz CT molecular complexity index is 1400. The summed E-state index contributed by atoms with van der Waals surface area (Å²) in [5.41, 5.74) is 2.31.